The molecule has 19 heteroatoms. The van der Waals surface area contributed by atoms with E-state index in [-0.39, 0.29) is 35.5 Å². The summed E-state index contributed by atoms with van der Waals surface area (Å²) in [5.41, 5.74) is 2.15. The van der Waals surface area contributed by atoms with E-state index in [1.807, 2.05) is 13.8 Å². The number of aromatic carboxylic acids is 1. The van der Waals surface area contributed by atoms with Crippen molar-refractivity contribution in [2.24, 2.45) is 0 Å². The predicted molar refractivity (Wildman–Crippen MR) is 230 cm³/mol. The average Bonchev–Trinajstić information content (AvgIpc) is 3.24. The molecule has 61 heavy (non-hydrogen) atoms. The van der Waals surface area contributed by atoms with Crippen LogP contribution in [0.1, 0.15) is 34.6 Å². The van der Waals surface area contributed by atoms with Crippen molar-refractivity contribution in [3.8, 4) is 34.5 Å². The molecule has 0 saturated heterocycles. The number of hydrogen-bond acceptors (Lipinski definition) is 10. The van der Waals surface area contributed by atoms with Gasteiger partial charge in [-0.3, -0.25) is 14.8 Å². The summed E-state index contributed by atoms with van der Waals surface area (Å²) >= 11 is 12.5. The summed E-state index contributed by atoms with van der Waals surface area (Å²) in [5, 5.41) is 24.1. The minimum Gasteiger partial charge on any atom is -0.496 e. The van der Waals surface area contributed by atoms with E-state index < -0.39 is 18.6 Å². The smallest absolute Gasteiger partial charge is 0.339 e. The molecule has 0 unspecified atom stereocenters. The lowest BCUT2D eigenvalue weighted by molar-refractivity contribution is 0.0693. The Kier molecular flexibility index (Phi) is 15.7. The van der Waals surface area contributed by atoms with Gasteiger partial charge in [-0.2, -0.15) is 0 Å². The van der Waals surface area contributed by atoms with Crippen LogP contribution in [0.4, 0.5) is 25.4 Å². The minimum atomic E-state index is -1.12. The molecule has 6 rings (SSSR count). The molecule has 0 radical (unpaired) electrons. The lowest BCUT2D eigenvalue weighted by Crippen LogP contribution is -2.28. The molecule has 0 fully saturated rings. The van der Waals surface area contributed by atoms with Gasteiger partial charge in [-0.05, 0) is 62.4 Å². The number of carboxylic acids is 1. The molecular formula is C42H40Cl2FN7O9. The van der Waals surface area contributed by atoms with Crippen LogP contribution in [0.25, 0.3) is 21.8 Å². The summed E-state index contributed by atoms with van der Waals surface area (Å²) in [6.45, 7) is 3.81. The highest BCUT2D eigenvalue weighted by molar-refractivity contribution is 6.34. The zero-order valence-electron chi connectivity index (χ0n) is 33.2. The summed E-state index contributed by atoms with van der Waals surface area (Å²) in [5.74, 6) is 0.585. The maximum absolute atomic E-state index is 12.5. The van der Waals surface area contributed by atoms with E-state index in [0.29, 0.717) is 85.1 Å². The van der Waals surface area contributed by atoms with E-state index >= 15 is 0 Å². The summed E-state index contributed by atoms with van der Waals surface area (Å²) < 4.78 is 34.8. The summed E-state index contributed by atoms with van der Waals surface area (Å²) in [7, 11) is 2.83. The van der Waals surface area contributed by atoms with Crippen LogP contribution in [-0.2, 0) is 0 Å². The van der Waals surface area contributed by atoms with Crippen LogP contribution >= 0.6 is 23.2 Å². The number of nitrogens with one attached hydrogen (secondary N) is 5. The first-order chi connectivity index (χ1) is 29.4. The average molecular weight is 877 g/mol. The molecule has 0 atom stereocenters. The Bertz CT molecular complexity index is 2580. The Morgan fingerprint density at radius 2 is 1.10 bits per heavy atom. The largest absolute Gasteiger partial charge is 0.496 e. The van der Waals surface area contributed by atoms with Crippen molar-refractivity contribution in [3.05, 3.63) is 106 Å². The van der Waals surface area contributed by atoms with Crippen LogP contribution < -0.4 is 45.5 Å². The number of carbonyl (C=O) groups is 4. The quantitative estimate of drug-likeness (QED) is 0.0608. The maximum Gasteiger partial charge on any atom is 0.339 e. The highest BCUT2D eigenvalue weighted by atomic mass is 35.5. The van der Waals surface area contributed by atoms with Crippen LogP contribution in [0.2, 0.25) is 10.0 Å². The highest BCUT2D eigenvalue weighted by Crippen LogP contribution is 2.37. The first-order valence-corrected chi connectivity index (χ1v) is 19.2. The van der Waals surface area contributed by atoms with E-state index in [2.05, 4.69) is 36.6 Å². The van der Waals surface area contributed by atoms with Gasteiger partial charge in [-0.15, -0.1) is 0 Å². The first kappa shape index (κ1) is 45.0. The van der Waals surface area contributed by atoms with E-state index in [1.165, 1.54) is 26.4 Å². The van der Waals surface area contributed by atoms with Gasteiger partial charge in [0.2, 0.25) is 0 Å². The van der Waals surface area contributed by atoms with Crippen molar-refractivity contribution in [1.29, 1.82) is 0 Å². The van der Waals surface area contributed by atoms with Crippen LogP contribution in [-0.4, -0.2) is 79.5 Å². The van der Waals surface area contributed by atoms with Gasteiger partial charge >= 0.3 is 18.0 Å². The normalized spacial score (nSPS) is 10.5. The number of aromatic nitrogens is 2. The van der Waals surface area contributed by atoms with Crippen molar-refractivity contribution in [1.82, 2.24) is 25.9 Å². The molecule has 0 spiro atoms. The fraction of sp³-hybridized carbons (Fsp3) is 0.190. The lowest BCUT2D eigenvalue weighted by Gasteiger charge is -2.14. The number of alkyl halides is 1. The van der Waals surface area contributed by atoms with E-state index in [0.717, 1.165) is 0 Å². The predicted octanol–water partition coefficient (Wildman–Crippen LogP) is 9.06. The number of anilines is 2. The van der Waals surface area contributed by atoms with Crippen LogP contribution in [0, 0.1) is 0 Å². The number of urea groups is 2. The van der Waals surface area contributed by atoms with Gasteiger partial charge in [0.1, 0.15) is 46.7 Å². The monoisotopic (exact) mass is 875 g/mol. The molecule has 0 aliphatic heterocycles. The third kappa shape index (κ3) is 11.6. The van der Waals surface area contributed by atoms with Gasteiger partial charge in [-0.1, -0.05) is 23.2 Å². The van der Waals surface area contributed by atoms with E-state index in [1.54, 1.807) is 73.1 Å². The molecule has 318 valence electrons. The minimum absolute atomic E-state index is 0.00244. The molecule has 5 amide bonds. The number of carboxylic acid groups (broad SMARTS) is 1. The Balaban J connectivity index is 0.000000232. The lowest BCUT2D eigenvalue weighted by atomic mass is 10.1. The molecule has 4 aromatic carbocycles. The molecule has 2 heterocycles. The number of hydrogen-bond donors (Lipinski definition) is 6. The van der Waals surface area contributed by atoms with Crippen LogP contribution in [0.3, 0.4) is 0 Å². The second-order valence-electron chi connectivity index (χ2n) is 12.5. The van der Waals surface area contributed by atoms with Crippen molar-refractivity contribution < 1.29 is 47.6 Å². The summed E-state index contributed by atoms with van der Waals surface area (Å²) in [6.07, 6.45) is 3.11. The van der Waals surface area contributed by atoms with Gasteiger partial charge < -0.3 is 50.6 Å². The fourth-order valence-electron chi connectivity index (χ4n) is 5.64. The van der Waals surface area contributed by atoms with Gasteiger partial charge in [-0.25, -0.2) is 18.8 Å². The number of halogens is 3. The number of pyridine rings is 2. The number of benzene rings is 4. The highest BCUT2D eigenvalue weighted by Gasteiger charge is 2.18. The standard InChI is InChI=1S/C22H22ClFN4O4.C20H18ClN3O5/c1-3-25-22(30)28-17-5-4-13(10-16(17)23)32-19-6-8-26-18-12-20(31-2)15(11-14(18)19)21(29)27-9-7-24;1-3-22-20(27)24-15-5-4-11(8-14(15)21)29-17-6-7-23-16-10-18(28-2)13(19(25)26)9-12(16)17/h4-6,8,10-12H,3,7,9H2,1-2H3,(H,27,29)(H2,25,28,30);4-10H,3H2,1-2H3,(H,25,26)(H2,22,24,27). The fourth-order valence-corrected chi connectivity index (χ4v) is 6.08. The molecule has 2 aromatic heterocycles. The zero-order valence-corrected chi connectivity index (χ0v) is 34.7. The third-order valence-corrected chi connectivity index (χ3v) is 9.03. The summed E-state index contributed by atoms with van der Waals surface area (Å²) in [6, 6.07) is 18.4. The SMILES string of the molecule is CCNC(=O)Nc1ccc(Oc2ccnc3cc(OC)c(C(=O)NCCF)cc23)cc1Cl.CCNC(=O)Nc1ccc(Oc2ccnc3cc(OC)c(C(=O)O)cc23)cc1Cl. The van der Waals surface area contributed by atoms with Crippen molar-refractivity contribution in [3.63, 3.8) is 0 Å². The van der Waals surface area contributed by atoms with Gasteiger partial charge in [0.05, 0.1) is 52.2 Å². The maximum atomic E-state index is 12.5. The first-order valence-electron chi connectivity index (χ1n) is 18.4. The van der Waals surface area contributed by atoms with Crippen LogP contribution in [0.5, 0.6) is 34.5 Å². The molecule has 0 aliphatic rings. The topological polar surface area (TPSA) is 211 Å². The summed E-state index contributed by atoms with van der Waals surface area (Å²) in [4.78, 5) is 55.9. The Labute approximate surface area is 358 Å². The third-order valence-electron chi connectivity index (χ3n) is 8.41. The number of fused-ring (bicyclic) bond motifs is 2. The molecule has 6 aromatic rings. The Morgan fingerprint density at radius 1 is 0.639 bits per heavy atom. The van der Waals surface area contributed by atoms with Gasteiger partial charge in [0.15, 0.2) is 0 Å². The van der Waals surface area contributed by atoms with E-state index in [4.69, 9.17) is 42.1 Å². The van der Waals surface area contributed by atoms with Crippen molar-refractivity contribution in [2.45, 2.75) is 13.8 Å². The number of methoxy groups -OCH3 is 2. The van der Waals surface area contributed by atoms with E-state index in [9.17, 15) is 28.7 Å². The second-order valence-corrected chi connectivity index (χ2v) is 13.3. The number of amides is 5. The molecule has 0 saturated carbocycles. The molecule has 0 aliphatic carbocycles. The number of rotatable bonds is 14. The molecule has 0 bridgehead atoms. The zero-order chi connectivity index (χ0) is 44.1. The molecule has 6 N–H and O–H groups in total. The number of ether oxygens (including phenoxy) is 4. The van der Waals surface area contributed by atoms with Gasteiger partial charge in [0, 0.05) is 67.1 Å². The van der Waals surface area contributed by atoms with Crippen molar-refractivity contribution in [2.75, 3.05) is 51.2 Å². The molecular weight excluding hydrogens is 836 g/mol. The Hall–Kier alpha value is -7.11. The van der Waals surface area contributed by atoms with Gasteiger partial charge in [0.25, 0.3) is 5.91 Å². The number of nitrogens with zero attached hydrogens (tertiary/aromatic N) is 2. The van der Waals surface area contributed by atoms with Crippen molar-refractivity contribution >= 4 is 80.3 Å². The molecule has 16 nitrogen and oxygen atoms in total. The van der Waals surface area contributed by atoms with Crippen LogP contribution in [0.15, 0.2) is 85.2 Å². The second kappa shape index (κ2) is 21.2. The number of carbonyl (C=O) groups excluding carboxylic acids is 3. The Morgan fingerprint density at radius 3 is 1.51 bits per heavy atom.